The Bertz CT molecular complexity index is 527. The van der Waals surface area contributed by atoms with Crippen LogP contribution in [0.2, 0.25) is 0 Å². The van der Waals surface area contributed by atoms with Gasteiger partial charge in [0.15, 0.2) is 5.96 Å². The van der Waals surface area contributed by atoms with Crippen molar-refractivity contribution in [3.63, 3.8) is 0 Å². The van der Waals surface area contributed by atoms with E-state index in [0.717, 1.165) is 31.5 Å². The number of likely N-dealkylation sites (tertiary alicyclic amines) is 1. The molecule has 1 heterocycles. The van der Waals surface area contributed by atoms with Crippen molar-refractivity contribution in [2.75, 3.05) is 39.8 Å². The Balaban J connectivity index is 1.78. The molecule has 0 radical (unpaired) electrons. The molecular weight excluding hydrogens is 304 g/mol. The smallest absolute Gasteiger partial charge is 0.241 e. The van der Waals surface area contributed by atoms with Crippen molar-refractivity contribution in [1.82, 2.24) is 15.5 Å². The van der Waals surface area contributed by atoms with Crippen molar-refractivity contribution in [2.45, 2.75) is 25.2 Å². The fourth-order valence-corrected chi connectivity index (χ4v) is 2.87. The summed E-state index contributed by atoms with van der Waals surface area (Å²) in [6.07, 6.45) is 3.39. The lowest BCUT2D eigenvalue weighted by atomic mass is 10.0. The molecule has 0 spiro atoms. The number of aliphatic hydroxyl groups is 1. The van der Waals surface area contributed by atoms with E-state index in [9.17, 15) is 9.90 Å². The minimum atomic E-state index is -0.0115. The molecule has 0 saturated carbocycles. The number of carbonyl (C=O) groups excluding carboxylic acids is 1. The highest BCUT2D eigenvalue weighted by atomic mass is 16.3. The Morgan fingerprint density at radius 2 is 1.92 bits per heavy atom. The summed E-state index contributed by atoms with van der Waals surface area (Å²) in [7, 11) is 1.68. The number of hydrogen-bond donors (Lipinski definition) is 3. The van der Waals surface area contributed by atoms with Crippen LogP contribution in [0.4, 0.5) is 0 Å². The van der Waals surface area contributed by atoms with E-state index in [2.05, 4.69) is 15.6 Å². The third kappa shape index (κ3) is 5.53. The Morgan fingerprint density at radius 3 is 2.54 bits per heavy atom. The molecule has 2 rings (SSSR count). The number of rotatable bonds is 6. The molecule has 1 aliphatic rings. The normalized spacial score (nSPS) is 16.6. The fraction of sp³-hybridized carbons (Fsp3) is 0.556. The topological polar surface area (TPSA) is 77.0 Å². The Morgan fingerprint density at radius 1 is 1.21 bits per heavy atom. The average Bonchev–Trinajstić information content (AvgIpc) is 2.66. The second-order valence-electron chi connectivity index (χ2n) is 6.04. The molecule has 6 nitrogen and oxygen atoms in total. The molecule has 24 heavy (non-hydrogen) atoms. The zero-order valence-corrected chi connectivity index (χ0v) is 14.4. The molecule has 1 aliphatic heterocycles. The van der Waals surface area contributed by atoms with Gasteiger partial charge in [-0.15, -0.1) is 0 Å². The van der Waals surface area contributed by atoms with Gasteiger partial charge in [0.05, 0.1) is 13.2 Å². The summed E-state index contributed by atoms with van der Waals surface area (Å²) in [4.78, 5) is 18.2. The lowest BCUT2D eigenvalue weighted by Crippen LogP contribution is -2.46. The number of amides is 1. The molecule has 0 aliphatic carbocycles. The Hall–Kier alpha value is -2.08. The minimum Gasteiger partial charge on any atom is -0.396 e. The van der Waals surface area contributed by atoms with Crippen molar-refractivity contribution >= 4 is 11.9 Å². The second kappa shape index (κ2) is 9.93. The first-order valence-corrected chi connectivity index (χ1v) is 8.62. The monoisotopic (exact) mass is 332 g/mol. The second-order valence-corrected chi connectivity index (χ2v) is 6.04. The summed E-state index contributed by atoms with van der Waals surface area (Å²) in [6, 6.07) is 9.88. The van der Waals surface area contributed by atoms with Gasteiger partial charge in [-0.05, 0) is 24.8 Å². The largest absolute Gasteiger partial charge is 0.396 e. The summed E-state index contributed by atoms with van der Waals surface area (Å²) < 4.78 is 0. The van der Waals surface area contributed by atoms with Crippen molar-refractivity contribution in [2.24, 2.45) is 4.99 Å². The highest BCUT2D eigenvalue weighted by Gasteiger charge is 2.17. The van der Waals surface area contributed by atoms with Crippen LogP contribution in [-0.2, 0) is 4.79 Å². The van der Waals surface area contributed by atoms with Gasteiger partial charge in [-0.25, -0.2) is 0 Å². The van der Waals surface area contributed by atoms with E-state index in [1.807, 2.05) is 35.2 Å². The molecule has 1 saturated heterocycles. The lowest BCUT2D eigenvalue weighted by molar-refractivity contribution is -0.130. The maximum absolute atomic E-state index is 12.2. The van der Waals surface area contributed by atoms with E-state index < -0.39 is 0 Å². The number of hydrogen-bond acceptors (Lipinski definition) is 3. The predicted molar refractivity (Wildman–Crippen MR) is 96.1 cm³/mol. The first-order chi connectivity index (χ1) is 11.7. The summed E-state index contributed by atoms with van der Waals surface area (Å²) in [5, 5.41) is 15.8. The number of carbonyl (C=O) groups is 1. The quantitative estimate of drug-likeness (QED) is 0.535. The van der Waals surface area contributed by atoms with E-state index >= 15 is 0 Å². The maximum atomic E-state index is 12.2. The van der Waals surface area contributed by atoms with Gasteiger partial charge >= 0.3 is 0 Å². The van der Waals surface area contributed by atoms with Gasteiger partial charge in [0.2, 0.25) is 5.91 Å². The molecular formula is C18H28N4O2. The van der Waals surface area contributed by atoms with Gasteiger partial charge in [0, 0.05) is 32.6 Å². The first kappa shape index (κ1) is 18.3. The molecule has 1 atom stereocenters. The van der Waals surface area contributed by atoms with E-state index in [1.54, 1.807) is 7.05 Å². The molecule has 1 aromatic rings. The van der Waals surface area contributed by atoms with Crippen LogP contribution in [0, 0.1) is 0 Å². The van der Waals surface area contributed by atoms with E-state index in [1.165, 1.54) is 6.42 Å². The summed E-state index contributed by atoms with van der Waals surface area (Å²) in [5.41, 5.74) is 1.08. The summed E-state index contributed by atoms with van der Waals surface area (Å²) in [6.45, 7) is 2.56. The lowest BCUT2D eigenvalue weighted by Gasteiger charge is -2.27. The van der Waals surface area contributed by atoms with Crippen molar-refractivity contribution < 1.29 is 9.90 Å². The molecule has 1 fully saturated rings. The van der Waals surface area contributed by atoms with Gasteiger partial charge in [0.1, 0.15) is 0 Å². The number of aliphatic hydroxyl groups excluding tert-OH is 1. The molecule has 1 amide bonds. The van der Waals surface area contributed by atoms with Crippen molar-refractivity contribution in [1.29, 1.82) is 0 Å². The van der Waals surface area contributed by atoms with Crippen LogP contribution in [0.5, 0.6) is 0 Å². The number of aliphatic imine (C=N–C) groups is 1. The zero-order valence-electron chi connectivity index (χ0n) is 14.4. The van der Waals surface area contributed by atoms with Crippen LogP contribution in [0.25, 0.3) is 0 Å². The molecule has 1 unspecified atom stereocenters. The molecule has 1 aromatic carbocycles. The predicted octanol–water partition coefficient (Wildman–Crippen LogP) is 0.940. The number of guanidine groups is 1. The third-order valence-corrected chi connectivity index (χ3v) is 4.35. The van der Waals surface area contributed by atoms with Crippen LogP contribution in [0.15, 0.2) is 35.3 Å². The van der Waals surface area contributed by atoms with Gasteiger partial charge in [-0.1, -0.05) is 30.3 Å². The number of nitrogens with zero attached hydrogens (tertiary/aromatic N) is 2. The molecule has 3 N–H and O–H groups in total. The van der Waals surface area contributed by atoms with E-state index in [0.29, 0.717) is 12.5 Å². The number of benzene rings is 1. The highest BCUT2D eigenvalue weighted by molar-refractivity contribution is 5.86. The number of nitrogens with one attached hydrogen (secondary N) is 2. The van der Waals surface area contributed by atoms with Gasteiger partial charge in [-0.2, -0.15) is 0 Å². The van der Waals surface area contributed by atoms with Crippen LogP contribution >= 0.6 is 0 Å². The molecule has 0 bridgehead atoms. The molecule has 0 aromatic heterocycles. The third-order valence-electron chi connectivity index (χ3n) is 4.35. The SMILES string of the molecule is CN=C(NCC(=O)N1CCCCC1)NCC(CO)c1ccccc1. The average molecular weight is 332 g/mol. The van der Waals surface area contributed by atoms with E-state index in [4.69, 9.17) is 0 Å². The summed E-state index contributed by atoms with van der Waals surface area (Å²) in [5.74, 6) is 0.678. The minimum absolute atomic E-state index is 0.0115. The maximum Gasteiger partial charge on any atom is 0.241 e. The van der Waals surface area contributed by atoms with Crippen molar-refractivity contribution in [3.8, 4) is 0 Å². The van der Waals surface area contributed by atoms with Crippen LogP contribution < -0.4 is 10.6 Å². The van der Waals surface area contributed by atoms with Crippen LogP contribution in [0.1, 0.15) is 30.7 Å². The molecule has 6 heteroatoms. The highest BCUT2D eigenvalue weighted by Crippen LogP contribution is 2.13. The van der Waals surface area contributed by atoms with Gasteiger partial charge < -0.3 is 20.6 Å². The van der Waals surface area contributed by atoms with Crippen LogP contribution in [0.3, 0.4) is 0 Å². The zero-order chi connectivity index (χ0) is 17.2. The van der Waals surface area contributed by atoms with Gasteiger partial charge in [0.25, 0.3) is 0 Å². The number of piperidine rings is 1. The van der Waals surface area contributed by atoms with E-state index in [-0.39, 0.29) is 25.0 Å². The Labute approximate surface area is 144 Å². The standard InChI is InChI=1S/C18H28N4O2/c1-19-18(21-13-17(24)22-10-6-3-7-11-22)20-12-16(14-23)15-8-4-2-5-9-15/h2,4-5,8-9,16,23H,3,6-7,10-14H2,1H3,(H2,19,20,21). The first-order valence-electron chi connectivity index (χ1n) is 8.62. The fourth-order valence-electron chi connectivity index (χ4n) is 2.87. The Kier molecular flexibility index (Phi) is 7.55. The summed E-state index contributed by atoms with van der Waals surface area (Å²) >= 11 is 0. The van der Waals surface area contributed by atoms with Gasteiger partial charge in [-0.3, -0.25) is 9.79 Å². The van der Waals surface area contributed by atoms with Crippen LogP contribution in [-0.4, -0.2) is 61.7 Å². The van der Waals surface area contributed by atoms with Crippen molar-refractivity contribution in [3.05, 3.63) is 35.9 Å². The molecule has 132 valence electrons.